The Morgan fingerprint density at radius 2 is 2.25 bits per heavy atom. The monoisotopic (exact) mass is 299 g/mol. The van der Waals surface area contributed by atoms with Gasteiger partial charge in [-0.05, 0) is 18.9 Å². The van der Waals surface area contributed by atoms with Crippen molar-refractivity contribution in [3.05, 3.63) is 23.0 Å². The molecule has 1 aliphatic heterocycles. The van der Waals surface area contributed by atoms with Crippen molar-refractivity contribution in [3.8, 4) is 0 Å². The fourth-order valence-electron chi connectivity index (χ4n) is 2.13. The number of carbonyl (C=O) groups excluding carboxylic acids is 2. The van der Waals surface area contributed by atoms with E-state index in [4.69, 9.17) is 16.3 Å². The summed E-state index contributed by atoms with van der Waals surface area (Å²) in [5.41, 5.74) is 0.411. The number of aromatic nitrogens is 1. The molecule has 7 heteroatoms. The second-order valence-electron chi connectivity index (χ2n) is 5.00. The number of hydrogen-bond acceptors (Lipinski definition) is 3. The van der Waals surface area contributed by atoms with Crippen LogP contribution in [0.15, 0.2) is 12.3 Å². The molecular formula is C13H18ClN3O3. The molecule has 1 aromatic rings. The van der Waals surface area contributed by atoms with Crippen LogP contribution in [0, 0.1) is 0 Å². The minimum Gasteiger partial charge on any atom is -0.363 e. The lowest BCUT2D eigenvalue weighted by Crippen LogP contribution is -2.36. The van der Waals surface area contributed by atoms with Crippen molar-refractivity contribution in [1.29, 1.82) is 0 Å². The average molecular weight is 300 g/mol. The van der Waals surface area contributed by atoms with E-state index in [0.717, 1.165) is 6.42 Å². The van der Waals surface area contributed by atoms with E-state index < -0.39 is 6.10 Å². The van der Waals surface area contributed by atoms with Gasteiger partial charge < -0.3 is 19.9 Å². The van der Waals surface area contributed by atoms with Gasteiger partial charge in [-0.15, -0.1) is 0 Å². The lowest BCUT2D eigenvalue weighted by Gasteiger charge is -2.17. The van der Waals surface area contributed by atoms with Gasteiger partial charge in [-0.2, -0.15) is 0 Å². The molecular weight excluding hydrogens is 282 g/mol. The molecule has 0 spiro atoms. The van der Waals surface area contributed by atoms with Crippen molar-refractivity contribution in [2.24, 2.45) is 0 Å². The number of amides is 2. The van der Waals surface area contributed by atoms with Crippen molar-refractivity contribution in [2.45, 2.75) is 25.0 Å². The molecule has 0 bridgehead atoms. The standard InChI is InChI=1S/C13H18ClN3O3/c1-17(2)13(19)11-4-3-9(20-11)7-16-12(18)10-5-8(14)6-15-10/h5-6,9,11,15H,3-4,7H2,1-2H3,(H,16,18)/t9-,11-/m0/s1. The summed E-state index contributed by atoms with van der Waals surface area (Å²) in [7, 11) is 3.41. The number of aromatic amines is 1. The SMILES string of the molecule is CN(C)C(=O)[C@@H]1CC[C@@H](CNC(=O)c2cc(Cl)c[nH]2)O1. The molecule has 1 aromatic heterocycles. The first-order valence-electron chi connectivity index (χ1n) is 6.46. The summed E-state index contributed by atoms with van der Waals surface area (Å²) >= 11 is 5.74. The van der Waals surface area contributed by atoms with Gasteiger partial charge in [0.25, 0.3) is 11.8 Å². The second-order valence-corrected chi connectivity index (χ2v) is 5.43. The quantitative estimate of drug-likeness (QED) is 0.872. The third-order valence-corrected chi connectivity index (χ3v) is 3.42. The number of ether oxygens (including phenoxy) is 1. The number of rotatable bonds is 4. The molecule has 0 unspecified atom stereocenters. The molecule has 0 radical (unpaired) electrons. The van der Waals surface area contributed by atoms with E-state index in [1.807, 2.05) is 0 Å². The van der Waals surface area contributed by atoms with Crippen LogP contribution in [0.4, 0.5) is 0 Å². The number of likely N-dealkylation sites (N-methyl/N-ethyl adjacent to an activating group) is 1. The Morgan fingerprint density at radius 3 is 2.85 bits per heavy atom. The molecule has 1 fully saturated rings. The van der Waals surface area contributed by atoms with Crippen molar-refractivity contribution >= 4 is 23.4 Å². The van der Waals surface area contributed by atoms with E-state index in [-0.39, 0.29) is 17.9 Å². The van der Waals surface area contributed by atoms with Gasteiger partial charge in [0, 0.05) is 26.8 Å². The summed E-state index contributed by atoms with van der Waals surface area (Å²) in [4.78, 5) is 27.9. The Morgan fingerprint density at radius 1 is 1.50 bits per heavy atom. The Balaban J connectivity index is 1.78. The summed E-state index contributed by atoms with van der Waals surface area (Å²) < 4.78 is 5.63. The van der Waals surface area contributed by atoms with Crippen LogP contribution < -0.4 is 5.32 Å². The molecule has 2 N–H and O–H groups in total. The highest BCUT2D eigenvalue weighted by Gasteiger charge is 2.31. The van der Waals surface area contributed by atoms with Gasteiger partial charge in [0.2, 0.25) is 0 Å². The van der Waals surface area contributed by atoms with Crippen LogP contribution in [-0.2, 0) is 9.53 Å². The molecule has 2 rings (SSSR count). The van der Waals surface area contributed by atoms with E-state index >= 15 is 0 Å². The van der Waals surface area contributed by atoms with Gasteiger partial charge in [0.15, 0.2) is 0 Å². The summed E-state index contributed by atoms with van der Waals surface area (Å²) in [5.74, 6) is -0.266. The van der Waals surface area contributed by atoms with Crippen molar-refractivity contribution in [3.63, 3.8) is 0 Å². The van der Waals surface area contributed by atoms with E-state index in [9.17, 15) is 9.59 Å². The molecule has 0 saturated carbocycles. The van der Waals surface area contributed by atoms with Crippen LogP contribution >= 0.6 is 11.6 Å². The first-order chi connectivity index (χ1) is 9.47. The average Bonchev–Trinajstić information content (AvgIpc) is 3.03. The number of H-pyrrole nitrogens is 1. The van der Waals surface area contributed by atoms with Gasteiger partial charge in [-0.3, -0.25) is 9.59 Å². The second kappa shape index (κ2) is 6.28. The molecule has 0 aliphatic carbocycles. The van der Waals surface area contributed by atoms with Crippen LogP contribution in [0.25, 0.3) is 0 Å². The van der Waals surface area contributed by atoms with Crippen LogP contribution in [0.2, 0.25) is 5.02 Å². The Labute approximate surface area is 122 Å². The largest absolute Gasteiger partial charge is 0.363 e. The highest BCUT2D eigenvalue weighted by molar-refractivity contribution is 6.30. The lowest BCUT2D eigenvalue weighted by atomic mass is 10.2. The molecule has 2 heterocycles. The maximum atomic E-state index is 11.8. The van der Waals surface area contributed by atoms with E-state index in [0.29, 0.717) is 23.7 Å². The third kappa shape index (κ3) is 3.52. The van der Waals surface area contributed by atoms with Gasteiger partial charge >= 0.3 is 0 Å². The van der Waals surface area contributed by atoms with Crippen LogP contribution in [0.3, 0.4) is 0 Å². The zero-order valence-corrected chi connectivity index (χ0v) is 12.2. The molecule has 1 aliphatic rings. The zero-order chi connectivity index (χ0) is 14.7. The van der Waals surface area contributed by atoms with Crippen molar-refractivity contribution in [1.82, 2.24) is 15.2 Å². The maximum Gasteiger partial charge on any atom is 0.267 e. The third-order valence-electron chi connectivity index (χ3n) is 3.21. The minimum absolute atomic E-state index is 0.0324. The minimum atomic E-state index is -0.396. The smallest absolute Gasteiger partial charge is 0.267 e. The highest BCUT2D eigenvalue weighted by Crippen LogP contribution is 2.20. The number of halogens is 1. The predicted molar refractivity (Wildman–Crippen MR) is 74.7 cm³/mol. The van der Waals surface area contributed by atoms with Crippen LogP contribution in [-0.4, -0.2) is 54.5 Å². The summed E-state index contributed by atoms with van der Waals surface area (Å²) in [5, 5.41) is 3.25. The molecule has 1 saturated heterocycles. The number of hydrogen-bond donors (Lipinski definition) is 2. The topological polar surface area (TPSA) is 74.4 Å². The molecule has 2 amide bonds. The van der Waals surface area contributed by atoms with Crippen LogP contribution in [0.1, 0.15) is 23.3 Å². The summed E-state index contributed by atoms with van der Waals surface area (Å²) in [6.45, 7) is 0.382. The van der Waals surface area contributed by atoms with E-state index in [1.54, 1.807) is 26.4 Å². The number of nitrogens with zero attached hydrogens (tertiary/aromatic N) is 1. The Kier molecular flexibility index (Phi) is 4.67. The van der Waals surface area contributed by atoms with Crippen molar-refractivity contribution < 1.29 is 14.3 Å². The predicted octanol–water partition coefficient (Wildman–Crippen LogP) is 1.03. The lowest BCUT2D eigenvalue weighted by molar-refractivity contribution is -0.140. The van der Waals surface area contributed by atoms with Gasteiger partial charge in [0.1, 0.15) is 11.8 Å². The molecule has 6 nitrogen and oxygen atoms in total. The number of carbonyl (C=O) groups is 2. The van der Waals surface area contributed by atoms with E-state index in [1.165, 1.54) is 4.90 Å². The number of nitrogens with one attached hydrogen (secondary N) is 2. The Hall–Kier alpha value is -1.53. The molecule has 20 heavy (non-hydrogen) atoms. The zero-order valence-electron chi connectivity index (χ0n) is 11.5. The van der Waals surface area contributed by atoms with Gasteiger partial charge in [-0.1, -0.05) is 11.6 Å². The highest BCUT2D eigenvalue weighted by atomic mass is 35.5. The first-order valence-corrected chi connectivity index (χ1v) is 6.84. The van der Waals surface area contributed by atoms with Gasteiger partial charge in [0.05, 0.1) is 11.1 Å². The first kappa shape index (κ1) is 14.9. The maximum absolute atomic E-state index is 11.8. The summed E-state index contributed by atoms with van der Waals surface area (Å²) in [6.07, 6.45) is 2.47. The van der Waals surface area contributed by atoms with Crippen LogP contribution in [0.5, 0.6) is 0 Å². The summed E-state index contributed by atoms with van der Waals surface area (Å²) in [6, 6.07) is 1.56. The van der Waals surface area contributed by atoms with Gasteiger partial charge in [-0.25, -0.2) is 0 Å². The molecule has 0 aromatic carbocycles. The van der Waals surface area contributed by atoms with Crippen molar-refractivity contribution in [2.75, 3.05) is 20.6 Å². The molecule has 110 valence electrons. The fourth-order valence-corrected chi connectivity index (χ4v) is 2.29. The van der Waals surface area contributed by atoms with E-state index in [2.05, 4.69) is 10.3 Å². The Bertz CT molecular complexity index is 501. The fraction of sp³-hybridized carbons (Fsp3) is 0.538. The molecule has 2 atom stereocenters. The normalized spacial score (nSPS) is 21.8.